The molecule has 0 aliphatic carbocycles. The third kappa shape index (κ3) is 4.15. The van der Waals surface area contributed by atoms with Crippen LogP contribution < -0.4 is 10.5 Å². The summed E-state index contributed by atoms with van der Waals surface area (Å²) in [6.07, 6.45) is 4.66. The lowest BCUT2D eigenvalue weighted by molar-refractivity contribution is -0.134. The van der Waals surface area contributed by atoms with Gasteiger partial charge in [0.15, 0.2) is 6.61 Å². The predicted molar refractivity (Wildman–Crippen MR) is 95.6 cm³/mol. The molecular formula is C19H25N3O4. The van der Waals surface area contributed by atoms with Crippen LogP contribution in [-0.4, -0.2) is 59.8 Å². The fourth-order valence-electron chi connectivity index (χ4n) is 3.54. The minimum absolute atomic E-state index is 0.00314. The predicted octanol–water partition coefficient (Wildman–Crippen LogP) is 1.17. The van der Waals surface area contributed by atoms with Crippen LogP contribution in [0.3, 0.4) is 0 Å². The number of carbonyl (C=O) groups excluding carboxylic acids is 3. The molecule has 2 fully saturated rings. The molecule has 0 spiro atoms. The topological polar surface area (TPSA) is 92.9 Å². The van der Waals surface area contributed by atoms with Crippen molar-refractivity contribution in [2.24, 2.45) is 5.73 Å². The lowest BCUT2D eigenvalue weighted by atomic mass is 10.1. The maximum atomic E-state index is 12.6. The minimum Gasteiger partial charge on any atom is -0.484 e. The fraction of sp³-hybridized carbons (Fsp3) is 0.526. The number of nitrogens with two attached hydrogens (primary N) is 1. The smallest absolute Gasteiger partial charge is 0.260 e. The number of hydrogen-bond acceptors (Lipinski definition) is 4. The fourth-order valence-corrected chi connectivity index (χ4v) is 3.54. The van der Waals surface area contributed by atoms with Gasteiger partial charge in [-0.2, -0.15) is 0 Å². The van der Waals surface area contributed by atoms with Gasteiger partial charge in [0.1, 0.15) is 11.8 Å². The second-order valence-corrected chi connectivity index (χ2v) is 6.81. The third-order valence-electron chi connectivity index (χ3n) is 5.01. The van der Waals surface area contributed by atoms with Gasteiger partial charge in [-0.25, -0.2) is 0 Å². The van der Waals surface area contributed by atoms with Crippen LogP contribution in [0.2, 0.25) is 0 Å². The largest absolute Gasteiger partial charge is 0.484 e. The number of piperidine rings is 1. The van der Waals surface area contributed by atoms with Gasteiger partial charge in [0.25, 0.3) is 11.8 Å². The van der Waals surface area contributed by atoms with E-state index in [0.29, 0.717) is 24.3 Å². The Bertz CT molecular complexity index is 668. The molecule has 2 heterocycles. The molecule has 3 amide bonds. The number of primary amides is 1. The number of amides is 3. The van der Waals surface area contributed by atoms with Gasteiger partial charge in [-0.15, -0.1) is 0 Å². The van der Waals surface area contributed by atoms with Gasteiger partial charge in [-0.1, -0.05) is 0 Å². The Morgan fingerprint density at radius 1 is 1.00 bits per heavy atom. The van der Waals surface area contributed by atoms with E-state index >= 15 is 0 Å². The van der Waals surface area contributed by atoms with Gasteiger partial charge in [0.2, 0.25) is 5.91 Å². The molecule has 26 heavy (non-hydrogen) atoms. The summed E-state index contributed by atoms with van der Waals surface area (Å²) in [4.78, 5) is 39.5. The van der Waals surface area contributed by atoms with E-state index < -0.39 is 11.9 Å². The molecule has 1 aromatic rings. The van der Waals surface area contributed by atoms with Crippen LogP contribution in [-0.2, 0) is 9.59 Å². The Balaban J connectivity index is 1.55. The quantitative estimate of drug-likeness (QED) is 0.854. The molecule has 0 radical (unpaired) electrons. The van der Waals surface area contributed by atoms with E-state index in [2.05, 4.69) is 0 Å². The van der Waals surface area contributed by atoms with Crippen molar-refractivity contribution in [3.8, 4) is 5.75 Å². The summed E-state index contributed by atoms with van der Waals surface area (Å²) < 4.78 is 5.55. The molecule has 2 aliphatic rings. The molecule has 0 bridgehead atoms. The van der Waals surface area contributed by atoms with E-state index in [1.165, 1.54) is 11.3 Å². The van der Waals surface area contributed by atoms with Crippen LogP contribution in [0.1, 0.15) is 42.5 Å². The molecule has 0 saturated carbocycles. The number of ether oxygens (including phenoxy) is 1. The number of benzene rings is 1. The molecule has 140 valence electrons. The zero-order valence-electron chi connectivity index (χ0n) is 14.9. The van der Waals surface area contributed by atoms with Crippen LogP contribution in [0.15, 0.2) is 24.3 Å². The highest BCUT2D eigenvalue weighted by molar-refractivity contribution is 5.97. The second kappa shape index (κ2) is 8.21. The molecule has 1 aromatic carbocycles. The van der Waals surface area contributed by atoms with Crippen LogP contribution >= 0.6 is 0 Å². The summed E-state index contributed by atoms with van der Waals surface area (Å²) in [5.74, 6) is -0.139. The molecule has 2 N–H and O–H groups in total. The number of carbonyl (C=O) groups is 3. The van der Waals surface area contributed by atoms with Gasteiger partial charge in [0.05, 0.1) is 0 Å². The van der Waals surface area contributed by atoms with Gasteiger partial charge < -0.3 is 20.3 Å². The SMILES string of the molecule is NC(=O)[C@H]1CCCN1C(=O)c1ccc(OCC(=O)N2CCCCC2)cc1. The standard InChI is InChI=1S/C19H25N3O4/c20-18(24)16-5-4-12-22(16)19(25)14-6-8-15(9-7-14)26-13-17(23)21-10-2-1-3-11-21/h6-9,16H,1-5,10-13H2,(H2,20,24)/t16-/m1/s1. The summed E-state index contributed by atoms with van der Waals surface area (Å²) in [7, 11) is 0. The zero-order chi connectivity index (χ0) is 18.5. The van der Waals surface area contributed by atoms with E-state index in [0.717, 1.165) is 32.4 Å². The Morgan fingerprint density at radius 2 is 1.69 bits per heavy atom. The van der Waals surface area contributed by atoms with E-state index in [9.17, 15) is 14.4 Å². The molecule has 2 aliphatic heterocycles. The highest BCUT2D eigenvalue weighted by Gasteiger charge is 2.33. The monoisotopic (exact) mass is 359 g/mol. The second-order valence-electron chi connectivity index (χ2n) is 6.81. The average molecular weight is 359 g/mol. The average Bonchev–Trinajstić information content (AvgIpc) is 3.17. The van der Waals surface area contributed by atoms with E-state index in [1.54, 1.807) is 24.3 Å². The van der Waals surface area contributed by atoms with Crippen molar-refractivity contribution in [2.45, 2.75) is 38.1 Å². The first-order chi connectivity index (χ1) is 12.6. The number of hydrogen-bond donors (Lipinski definition) is 1. The zero-order valence-corrected chi connectivity index (χ0v) is 14.9. The normalized spacial score (nSPS) is 20.1. The lowest BCUT2D eigenvalue weighted by Gasteiger charge is -2.26. The maximum Gasteiger partial charge on any atom is 0.260 e. The van der Waals surface area contributed by atoms with Crippen molar-refractivity contribution in [2.75, 3.05) is 26.2 Å². The van der Waals surface area contributed by atoms with Gasteiger partial charge in [-0.3, -0.25) is 14.4 Å². The summed E-state index contributed by atoms with van der Waals surface area (Å²) >= 11 is 0. The van der Waals surface area contributed by atoms with Gasteiger partial charge in [-0.05, 0) is 56.4 Å². The first-order valence-electron chi connectivity index (χ1n) is 9.17. The first kappa shape index (κ1) is 18.2. The number of likely N-dealkylation sites (tertiary alicyclic amines) is 2. The summed E-state index contributed by atoms with van der Waals surface area (Å²) in [5, 5.41) is 0. The lowest BCUT2D eigenvalue weighted by Crippen LogP contribution is -2.43. The molecule has 3 rings (SSSR count). The Kier molecular flexibility index (Phi) is 5.75. The van der Waals surface area contributed by atoms with Crippen LogP contribution in [0.25, 0.3) is 0 Å². The summed E-state index contributed by atoms with van der Waals surface area (Å²) in [6, 6.07) is 6.12. The third-order valence-corrected chi connectivity index (χ3v) is 5.01. The maximum absolute atomic E-state index is 12.6. The van der Waals surface area contributed by atoms with Crippen molar-refractivity contribution in [1.29, 1.82) is 0 Å². The van der Waals surface area contributed by atoms with Crippen molar-refractivity contribution >= 4 is 17.7 Å². The first-order valence-corrected chi connectivity index (χ1v) is 9.17. The Morgan fingerprint density at radius 3 is 2.35 bits per heavy atom. The molecule has 0 aromatic heterocycles. The van der Waals surface area contributed by atoms with Gasteiger partial charge >= 0.3 is 0 Å². The number of nitrogens with zero attached hydrogens (tertiary/aromatic N) is 2. The molecular weight excluding hydrogens is 334 g/mol. The molecule has 1 atom stereocenters. The number of rotatable bonds is 5. The molecule has 7 nitrogen and oxygen atoms in total. The summed E-state index contributed by atoms with van der Waals surface area (Å²) in [5.41, 5.74) is 5.85. The molecule has 2 saturated heterocycles. The highest BCUT2D eigenvalue weighted by Crippen LogP contribution is 2.21. The summed E-state index contributed by atoms with van der Waals surface area (Å²) in [6.45, 7) is 2.14. The Hall–Kier alpha value is -2.57. The van der Waals surface area contributed by atoms with Crippen LogP contribution in [0.4, 0.5) is 0 Å². The Labute approximate surface area is 153 Å². The molecule has 7 heteroatoms. The minimum atomic E-state index is -0.527. The van der Waals surface area contributed by atoms with Crippen molar-refractivity contribution in [3.63, 3.8) is 0 Å². The van der Waals surface area contributed by atoms with Crippen molar-refractivity contribution in [1.82, 2.24) is 9.80 Å². The van der Waals surface area contributed by atoms with E-state index in [1.807, 2.05) is 4.90 Å². The van der Waals surface area contributed by atoms with E-state index in [4.69, 9.17) is 10.5 Å². The highest BCUT2D eigenvalue weighted by atomic mass is 16.5. The van der Waals surface area contributed by atoms with Crippen LogP contribution in [0.5, 0.6) is 5.75 Å². The van der Waals surface area contributed by atoms with E-state index in [-0.39, 0.29) is 18.4 Å². The van der Waals surface area contributed by atoms with Crippen LogP contribution in [0, 0.1) is 0 Å². The van der Waals surface area contributed by atoms with Crippen molar-refractivity contribution in [3.05, 3.63) is 29.8 Å². The van der Waals surface area contributed by atoms with Gasteiger partial charge in [0, 0.05) is 25.2 Å². The molecule has 0 unspecified atom stereocenters. The van der Waals surface area contributed by atoms with Crippen molar-refractivity contribution < 1.29 is 19.1 Å².